The van der Waals surface area contributed by atoms with Gasteiger partial charge in [0.25, 0.3) is 0 Å². The number of anilines is 2. The highest BCUT2D eigenvalue weighted by molar-refractivity contribution is 6.34. The van der Waals surface area contributed by atoms with Crippen LogP contribution in [0.2, 0.25) is 5.02 Å². The van der Waals surface area contributed by atoms with Gasteiger partial charge in [0.2, 0.25) is 5.91 Å². The summed E-state index contributed by atoms with van der Waals surface area (Å²) in [5.41, 5.74) is 1.13. The van der Waals surface area contributed by atoms with Crippen LogP contribution in [0.5, 0.6) is 0 Å². The van der Waals surface area contributed by atoms with Crippen molar-refractivity contribution in [3.8, 4) is 0 Å². The van der Waals surface area contributed by atoms with Crippen LogP contribution in [0, 0.1) is 0 Å². The van der Waals surface area contributed by atoms with Gasteiger partial charge in [-0.25, -0.2) is 4.79 Å². The molecule has 0 spiro atoms. The summed E-state index contributed by atoms with van der Waals surface area (Å²) < 4.78 is 0. The Morgan fingerprint density at radius 1 is 1.20 bits per heavy atom. The van der Waals surface area contributed by atoms with Gasteiger partial charge in [0.05, 0.1) is 10.7 Å². The van der Waals surface area contributed by atoms with Crippen molar-refractivity contribution >= 4 is 34.9 Å². The molecule has 6 heteroatoms. The second-order valence-electron chi connectivity index (χ2n) is 4.96. The molecule has 0 saturated heterocycles. The Labute approximate surface area is 123 Å². The monoisotopic (exact) mass is 295 g/mol. The highest BCUT2D eigenvalue weighted by Gasteiger charge is 2.17. The van der Waals surface area contributed by atoms with Crippen molar-refractivity contribution in [1.29, 1.82) is 0 Å². The van der Waals surface area contributed by atoms with Crippen molar-refractivity contribution in [2.45, 2.75) is 38.6 Å². The van der Waals surface area contributed by atoms with Crippen LogP contribution in [0.3, 0.4) is 0 Å². The molecule has 20 heavy (non-hydrogen) atoms. The maximum atomic E-state index is 11.8. The van der Waals surface area contributed by atoms with Gasteiger partial charge < -0.3 is 16.0 Å². The van der Waals surface area contributed by atoms with E-state index in [1.807, 2.05) is 0 Å². The topological polar surface area (TPSA) is 70.2 Å². The van der Waals surface area contributed by atoms with Crippen molar-refractivity contribution in [2.75, 3.05) is 10.6 Å². The van der Waals surface area contributed by atoms with Crippen LogP contribution in [0.4, 0.5) is 16.2 Å². The van der Waals surface area contributed by atoms with E-state index in [4.69, 9.17) is 11.6 Å². The first-order chi connectivity index (χ1) is 9.54. The molecule has 0 atom stereocenters. The first-order valence-corrected chi connectivity index (χ1v) is 7.07. The Kier molecular flexibility index (Phi) is 4.84. The van der Waals surface area contributed by atoms with E-state index in [2.05, 4.69) is 16.0 Å². The molecule has 1 fully saturated rings. The molecule has 1 aromatic carbocycles. The van der Waals surface area contributed by atoms with Crippen LogP contribution in [0.1, 0.15) is 32.6 Å². The van der Waals surface area contributed by atoms with Gasteiger partial charge in [-0.15, -0.1) is 0 Å². The Morgan fingerprint density at radius 3 is 2.50 bits per heavy atom. The molecule has 1 aliphatic rings. The van der Waals surface area contributed by atoms with E-state index in [0.29, 0.717) is 16.4 Å². The Morgan fingerprint density at radius 2 is 1.90 bits per heavy atom. The van der Waals surface area contributed by atoms with Crippen molar-refractivity contribution in [3.63, 3.8) is 0 Å². The van der Waals surface area contributed by atoms with Gasteiger partial charge in [0, 0.05) is 18.7 Å². The molecule has 2 rings (SSSR count). The Bertz CT molecular complexity index is 513. The molecule has 1 aliphatic carbocycles. The summed E-state index contributed by atoms with van der Waals surface area (Å²) in [6.07, 6.45) is 4.39. The number of hydrogen-bond donors (Lipinski definition) is 3. The van der Waals surface area contributed by atoms with Crippen molar-refractivity contribution in [2.24, 2.45) is 0 Å². The lowest BCUT2D eigenvalue weighted by molar-refractivity contribution is -0.114. The fraction of sp³-hybridized carbons (Fsp3) is 0.429. The highest BCUT2D eigenvalue weighted by Crippen LogP contribution is 2.25. The predicted molar refractivity (Wildman–Crippen MR) is 80.2 cm³/mol. The predicted octanol–water partition coefficient (Wildman–Crippen LogP) is 3.36. The number of urea groups is 1. The number of carbonyl (C=O) groups is 2. The van der Waals surface area contributed by atoms with Crippen LogP contribution >= 0.6 is 11.6 Å². The average molecular weight is 296 g/mol. The van der Waals surface area contributed by atoms with E-state index >= 15 is 0 Å². The first kappa shape index (κ1) is 14.7. The fourth-order valence-corrected chi connectivity index (χ4v) is 2.54. The summed E-state index contributed by atoms with van der Waals surface area (Å²) in [6.45, 7) is 1.43. The maximum absolute atomic E-state index is 11.8. The molecular formula is C14H18ClN3O2. The minimum atomic E-state index is -0.244. The molecule has 0 bridgehead atoms. The first-order valence-electron chi connectivity index (χ1n) is 6.69. The number of carbonyl (C=O) groups excluding carboxylic acids is 2. The van der Waals surface area contributed by atoms with Gasteiger partial charge in [-0.2, -0.15) is 0 Å². The zero-order valence-electron chi connectivity index (χ0n) is 11.3. The van der Waals surface area contributed by atoms with Crippen LogP contribution in [-0.4, -0.2) is 18.0 Å². The molecule has 0 unspecified atom stereocenters. The molecule has 3 N–H and O–H groups in total. The second-order valence-corrected chi connectivity index (χ2v) is 5.36. The Hall–Kier alpha value is -1.75. The van der Waals surface area contributed by atoms with Crippen molar-refractivity contribution in [1.82, 2.24) is 5.32 Å². The molecule has 0 aromatic heterocycles. The Balaban J connectivity index is 1.94. The number of halogens is 1. The number of hydrogen-bond acceptors (Lipinski definition) is 2. The van der Waals surface area contributed by atoms with Gasteiger partial charge in [-0.05, 0) is 31.0 Å². The van der Waals surface area contributed by atoms with Gasteiger partial charge in [-0.1, -0.05) is 24.4 Å². The average Bonchev–Trinajstić information content (AvgIpc) is 2.84. The third-order valence-corrected chi connectivity index (χ3v) is 3.54. The molecule has 1 aromatic rings. The summed E-state index contributed by atoms with van der Waals surface area (Å²) in [5, 5.41) is 8.67. The van der Waals surface area contributed by atoms with E-state index in [1.54, 1.807) is 18.2 Å². The van der Waals surface area contributed by atoms with E-state index < -0.39 is 0 Å². The molecule has 108 valence electrons. The minimum absolute atomic E-state index is 0.166. The third kappa shape index (κ3) is 4.13. The van der Waals surface area contributed by atoms with Crippen molar-refractivity contribution in [3.05, 3.63) is 23.2 Å². The maximum Gasteiger partial charge on any atom is 0.319 e. The lowest BCUT2D eigenvalue weighted by atomic mass is 10.2. The molecule has 0 heterocycles. The largest absolute Gasteiger partial charge is 0.335 e. The van der Waals surface area contributed by atoms with E-state index in [1.165, 1.54) is 6.92 Å². The fourth-order valence-electron chi connectivity index (χ4n) is 2.31. The minimum Gasteiger partial charge on any atom is -0.335 e. The summed E-state index contributed by atoms with van der Waals surface area (Å²) in [7, 11) is 0. The highest BCUT2D eigenvalue weighted by atomic mass is 35.5. The smallest absolute Gasteiger partial charge is 0.319 e. The number of rotatable bonds is 3. The number of amides is 3. The van der Waals surface area contributed by atoms with Crippen molar-refractivity contribution < 1.29 is 9.59 Å². The summed E-state index contributed by atoms with van der Waals surface area (Å²) in [5.74, 6) is -0.166. The standard InChI is InChI=1S/C14H18ClN3O2/c1-9(19)16-11-6-7-13(12(15)8-11)18-14(20)17-10-4-2-3-5-10/h6-8,10H,2-5H2,1H3,(H,16,19)(H2,17,18,20). The molecule has 1 saturated carbocycles. The third-order valence-electron chi connectivity index (χ3n) is 3.23. The van der Waals surface area contributed by atoms with Crippen LogP contribution in [-0.2, 0) is 4.79 Å². The molecule has 5 nitrogen and oxygen atoms in total. The van der Waals surface area contributed by atoms with E-state index in [0.717, 1.165) is 25.7 Å². The molecule has 0 aliphatic heterocycles. The number of benzene rings is 1. The summed E-state index contributed by atoms with van der Waals surface area (Å²) >= 11 is 6.08. The van der Waals surface area contributed by atoms with Crippen LogP contribution in [0.15, 0.2) is 18.2 Å². The molecule has 3 amide bonds. The van der Waals surface area contributed by atoms with Gasteiger partial charge in [0.15, 0.2) is 0 Å². The zero-order chi connectivity index (χ0) is 14.5. The summed E-state index contributed by atoms with van der Waals surface area (Å²) in [4.78, 5) is 22.8. The molecular weight excluding hydrogens is 278 g/mol. The zero-order valence-corrected chi connectivity index (χ0v) is 12.1. The van der Waals surface area contributed by atoms with Crippen LogP contribution < -0.4 is 16.0 Å². The number of nitrogens with one attached hydrogen (secondary N) is 3. The van der Waals surface area contributed by atoms with Crippen LogP contribution in [0.25, 0.3) is 0 Å². The normalized spacial score (nSPS) is 14.9. The second kappa shape index (κ2) is 6.61. The van der Waals surface area contributed by atoms with E-state index in [9.17, 15) is 9.59 Å². The molecule has 0 radical (unpaired) electrons. The van der Waals surface area contributed by atoms with Gasteiger partial charge >= 0.3 is 6.03 Å². The van der Waals surface area contributed by atoms with Gasteiger partial charge in [-0.3, -0.25) is 4.79 Å². The van der Waals surface area contributed by atoms with Gasteiger partial charge in [0.1, 0.15) is 0 Å². The lowest BCUT2D eigenvalue weighted by Gasteiger charge is -2.14. The SMILES string of the molecule is CC(=O)Nc1ccc(NC(=O)NC2CCCC2)c(Cl)c1. The van der Waals surface area contributed by atoms with E-state index in [-0.39, 0.29) is 18.0 Å². The summed E-state index contributed by atoms with van der Waals surface area (Å²) in [6, 6.07) is 4.98. The lowest BCUT2D eigenvalue weighted by Crippen LogP contribution is -2.36. The quantitative estimate of drug-likeness (QED) is 0.800.